The van der Waals surface area contributed by atoms with Crippen LogP contribution < -0.4 is 10.5 Å². The molecule has 0 amide bonds. The molecule has 102 valence electrons. The van der Waals surface area contributed by atoms with Gasteiger partial charge in [0, 0.05) is 12.5 Å². The molecular formula is C13H16FN3O2. The summed E-state index contributed by atoms with van der Waals surface area (Å²) in [5.74, 6) is 0.546. The van der Waals surface area contributed by atoms with Crippen LogP contribution in [0.4, 0.5) is 4.39 Å². The highest BCUT2D eigenvalue weighted by atomic mass is 19.1. The summed E-state index contributed by atoms with van der Waals surface area (Å²) in [5, 5.41) is 7.59. The Kier molecular flexibility index (Phi) is 4.11. The number of aryl methyl sites for hydroxylation is 1. The predicted octanol–water partition coefficient (Wildman–Crippen LogP) is 2.37. The highest BCUT2D eigenvalue weighted by Crippen LogP contribution is 2.22. The van der Waals surface area contributed by atoms with E-state index in [1.165, 1.54) is 6.07 Å². The van der Waals surface area contributed by atoms with Crippen LogP contribution >= 0.6 is 0 Å². The van der Waals surface area contributed by atoms with Crippen molar-refractivity contribution >= 4 is 0 Å². The molecule has 1 aromatic heterocycles. The molecule has 0 fully saturated rings. The van der Waals surface area contributed by atoms with Crippen molar-refractivity contribution in [2.24, 2.45) is 5.73 Å². The zero-order chi connectivity index (χ0) is 13.8. The van der Waals surface area contributed by atoms with E-state index in [0.717, 1.165) is 5.56 Å². The largest absolute Gasteiger partial charge is 0.481 e. The molecule has 1 aromatic carbocycles. The zero-order valence-electron chi connectivity index (χ0n) is 10.9. The SMILES string of the molecule is CCc1nnc(COc2ccc([C@H](C)N)cc2F)o1. The van der Waals surface area contributed by atoms with Crippen molar-refractivity contribution in [2.45, 2.75) is 32.9 Å². The van der Waals surface area contributed by atoms with Gasteiger partial charge in [-0.25, -0.2) is 4.39 Å². The number of aromatic nitrogens is 2. The zero-order valence-corrected chi connectivity index (χ0v) is 10.9. The Hall–Kier alpha value is -1.95. The smallest absolute Gasteiger partial charge is 0.253 e. The lowest BCUT2D eigenvalue weighted by Crippen LogP contribution is -2.06. The van der Waals surface area contributed by atoms with Gasteiger partial charge in [-0.2, -0.15) is 0 Å². The second kappa shape index (κ2) is 5.79. The number of halogens is 1. The molecule has 2 aromatic rings. The van der Waals surface area contributed by atoms with E-state index >= 15 is 0 Å². The summed E-state index contributed by atoms with van der Waals surface area (Å²) >= 11 is 0. The minimum Gasteiger partial charge on any atom is -0.481 e. The fourth-order valence-corrected chi connectivity index (χ4v) is 1.55. The molecule has 5 nitrogen and oxygen atoms in total. The van der Waals surface area contributed by atoms with Crippen LogP contribution in [0.2, 0.25) is 0 Å². The lowest BCUT2D eigenvalue weighted by molar-refractivity contribution is 0.248. The standard InChI is InChI=1S/C13H16FN3O2/c1-3-12-16-17-13(19-12)7-18-11-5-4-9(8(2)15)6-10(11)14/h4-6,8H,3,7,15H2,1-2H3/t8-/m0/s1. The molecule has 0 aliphatic heterocycles. The molecule has 19 heavy (non-hydrogen) atoms. The second-order valence-corrected chi connectivity index (χ2v) is 4.21. The van der Waals surface area contributed by atoms with Crippen molar-refractivity contribution in [3.05, 3.63) is 41.4 Å². The van der Waals surface area contributed by atoms with Gasteiger partial charge < -0.3 is 14.9 Å². The maximum atomic E-state index is 13.7. The average molecular weight is 265 g/mol. The molecule has 0 aliphatic carbocycles. The second-order valence-electron chi connectivity index (χ2n) is 4.21. The molecule has 0 unspecified atom stereocenters. The maximum Gasteiger partial charge on any atom is 0.253 e. The van der Waals surface area contributed by atoms with Crippen molar-refractivity contribution in [3.8, 4) is 5.75 Å². The van der Waals surface area contributed by atoms with E-state index < -0.39 is 5.82 Å². The lowest BCUT2D eigenvalue weighted by atomic mass is 10.1. The fourth-order valence-electron chi connectivity index (χ4n) is 1.55. The Balaban J connectivity index is 2.03. The van der Waals surface area contributed by atoms with Crippen molar-refractivity contribution in [1.29, 1.82) is 0 Å². The van der Waals surface area contributed by atoms with Gasteiger partial charge in [0.1, 0.15) is 0 Å². The third-order valence-electron chi connectivity index (χ3n) is 2.64. The molecule has 0 saturated carbocycles. The van der Waals surface area contributed by atoms with Crippen LogP contribution in [0.5, 0.6) is 5.75 Å². The van der Waals surface area contributed by atoms with E-state index in [1.807, 2.05) is 6.92 Å². The van der Waals surface area contributed by atoms with Gasteiger partial charge in [0.25, 0.3) is 5.89 Å². The van der Waals surface area contributed by atoms with Gasteiger partial charge in [-0.1, -0.05) is 13.0 Å². The molecule has 0 bridgehead atoms. The van der Waals surface area contributed by atoms with Crippen molar-refractivity contribution in [3.63, 3.8) is 0 Å². The van der Waals surface area contributed by atoms with Crippen molar-refractivity contribution in [2.75, 3.05) is 0 Å². The van der Waals surface area contributed by atoms with Gasteiger partial charge >= 0.3 is 0 Å². The number of hydrogen-bond acceptors (Lipinski definition) is 5. The molecule has 0 spiro atoms. The summed E-state index contributed by atoms with van der Waals surface area (Å²) in [4.78, 5) is 0. The van der Waals surface area contributed by atoms with E-state index in [0.29, 0.717) is 18.2 Å². The van der Waals surface area contributed by atoms with E-state index in [-0.39, 0.29) is 18.4 Å². The summed E-state index contributed by atoms with van der Waals surface area (Å²) in [7, 11) is 0. The molecule has 0 radical (unpaired) electrons. The Morgan fingerprint density at radius 3 is 2.68 bits per heavy atom. The molecule has 1 atom stereocenters. The van der Waals surface area contributed by atoms with Gasteiger partial charge in [0.05, 0.1) is 0 Å². The summed E-state index contributed by atoms with van der Waals surface area (Å²) in [6, 6.07) is 4.43. The molecule has 0 aliphatic rings. The van der Waals surface area contributed by atoms with E-state index in [9.17, 15) is 4.39 Å². The normalized spacial score (nSPS) is 12.4. The van der Waals surface area contributed by atoms with Crippen LogP contribution in [0.1, 0.15) is 37.2 Å². The molecule has 2 rings (SSSR count). The number of hydrogen-bond donors (Lipinski definition) is 1. The summed E-state index contributed by atoms with van der Waals surface area (Å²) in [6.45, 7) is 3.74. The van der Waals surface area contributed by atoms with Gasteiger partial charge in [-0.05, 0) is 24.6 Å². The van der Waals surface area contributed by atoms with Gasteiger partial charge in [-0.15, -0.1) is 10.2 Å². The first kappa shape index (κ1) is 13.5. The monoisotopic (exact) mass is 265 g/mol. The Morgan fingerprint density at radius 1 is 1.37 bits per heavy atom. The third-order valence-corrected chi connectivity index (χ3v) is 2.64. The first-order valence-electron chi connectivity index (χ1n) is 6.09. The lowest BCUT2D eigenvalue weighted by Gasteiger charge is -2.09. The van der Waals surface area contributed by atoms with E-state index in [2.05, 4.69) is 10.2 Å². The summed E-state index contributed by atoms with van der Waals surface area (Å²) < 4.78 is 24.3. The third kappa shape index (κ3) is 3.29. The van der Waals surface area contributed by atoms with Crippen LogP contribution in [0.3, 0.4) is 0 Å². The van der Waals surface area contributed by atoms with Gasteiger partial charge in [-0.3, -0.25) is 0 Å². The van der Waals surface area contributed by atoms with Crippen LogP contribution in [0, 0.1) is 5.82 Å². The number of benzene rings is 1. The van der Waals surface area contributed by atoms with Crippen LogP contribution in [-0.2, 0) is 13.0 Å². The van der Waals surface area contributed by atoms with E-state index in [4.69, 9.17) is 14.9 Å². The number of rotatable bonds is 5. The number of nitrogens with two attached hydrogens (primary N) is 1. The van der Waals surface area contributed by atoms with Gasteiger partial charge in [0.2, 0.25) is 5.89 Å². The Bertz CT molecular complexity index is 555. The highest BCUT2D eigenvalue weighted by Gasteiger charge is 2.10. The van der Waals surface area contributed by atoms with Crippen molar-refractivity contribution in [1.82, 2.24) is 10.2 Å². The molecule has 2 N–H and O–H groups in total. The van der Waals surface area contributed by atoms with Crippen molar-refractivity contribution < 1.29 is 13.5 Å². The first-order valence-corrected chi connectivity index (χ1v) is 6.09. The van der Waals surface area contributed by atoms with Crippen LogP contribution in [-0.4, -0.2) is 10.2 Å². The highest BCUT2D eigenvalue weighted by molar-refractivity contribution is 5.30. The van der Waals surface area contributed by atoms with Crippen LogP contribution in [0.15, 0.2) is 22.6 Å². The Morgan fingerprint density at radius 2 is 2.11 bits per heavy atom. The average Bonchev–Trinajstić information content (AvgIpc) is 2.85. The maximum absolute atomic E-state index is 13.7. The molecule has 0 saturated heterocycles. The van der Waals surface area contributed by atoms with Gasteiger partial charge in [0.15, 0.2) is 18.2 Å². The first-order chi connectivity index (χ1) is 9.10. The molecule has 1 heterocycles. The fraction of sp³-hybridized carbons (Fsp3) is 0.385. The number of ether oxygens (including phenoxy) is 1. The minimum absolute atomic E-state index is 0.0431. The van der Waals surface area contributed by atoms with E-state index in [1.54, 1.807) is 19.1 Å². The molecule has 6 heteroatoms. The predicted molar refractivity (Wildman–Crippen MR) is 67.0 cm³/mol. The Labute approximate surface area is 110 Å². The summed E-state index contributed by atoms with van der Waals surface area (Å²) in [5.41, 5.74) is 6.39. The topological polar surface area (TPSA) is 74.2 Å². The quantitative estimate of drug-likeness (QED) is 0.898. The summed E-state index contributed by atoms with van der Waals surface area (Å²) in [6.07, 6.45) is 0.657. The minimum atomic E-state index is -0.454. The van der Waals surface area contributed by atoms with Crippen LogP contribution in [0.25, 0.3) is 0 Å². The molecular weight excluding hydrogens is 249 g/mol. The number of nitrogens with zero attached hydrogens (tertiary/aromatic N) is 2.